The minimum absolute atomic E-state index is 0.0477. The Hall–Kier alpha value is -0.740. The lowest BCUT2D eigenvalue weighted by Gasteiger charge is -2.23. The van der Waals surface area contributed by atoms with Crippen molar-refractivity contribution in [3.05, 3.63) is 34.1 Å². The van der Waals surface area contributed by atoms with E-state index < -0.39 is 5.60 Å². The average molecular weight is 303 g/mol. The van der Waals surface area contributed by atoms with Gasteiger partial charge in [0.15, 0.2) is 5.78 Å². The molecule has 4 heteroatoms. The van der Waals surface area contributed by atoms with Gasteiger partial charge >= 0.3 is 0 Å². The Kier molecular flexibility index (Phi) is 4.83. The Bertz CT molecular complexity index is 416. The fraction of sp³-hybridized carbons (Fsp3) is 0.462. The first kappa shape index (κ1) is 14.3. The summed E-state index contributed by atoms with van der Waals surface area (Å²) in [4.78, 5) is 12.0. The first-order chi connectivity index (χ1) is 7.86. The molecule has 0 spiro atoms. The van der Waals surface area contributed by atoms with Gasteiger partial charge < -0.3 is 4.74 Å². The molecule has 0 amide bonds. The van der Waals surface area contributed by atoms with Gasteiger partial charge in [0.05, 0.1) is 0 Å². The maximum atomic E-state index is 13.6. The highest BCUT2D eigenvalue weighted by Gasteiger charge is 2.28. The summed E-state index contributed by atoms with van der Waals surface area (Å²) >= 11 is 3.18. The quantitative estimate of drug-likeness (QED) is 0.832. The van der Waals surface area contributed by atoms with E-state index in [9.17, 15) is 9.18 Å². The number of ketones is 1. The van der Waals surface area contributed by atoms with Crippen LogP contribution in [0.4, 0.5) is 4.39 Å². The normalized spacial score (nSPS) is 11.6. The standard InChI is InChI=1S/C13H16BrFO2/c1-4-17-13(2,3)12(16)7-9-5-6-10(14)8-11(9)15/h5-6,8H,4,7H2,1-3H3. The second-order valence-corrected chi connectivity index (χ2v) is 5.19. The van der Waals surface area contributed by atoms with Crippen LogP contribution in [0.25, 0.3) is 0 Å². The SMILES string of the molecule is CCOC(C)(C)C(=O)Cc1ccc(Br)cc1F. The predicted octanol–water partition coefficient (Wildman–Crippen LogP) is 3.51. The van der Waals surface area contributed by atoms with E-state index in [2.05, 4.69) is 15.9 Å². The van der Waals surface area contributed by atoms with Crippen LogP contribution in [0, 0.1) is 5.82 Å². The van der Waals surface area contributed by atoms with Crippen molar-refractivity contribution in [3.63, 3.8) is 0 Å². The molecule has 0 aliphatic rings. The van der Waals surface area contributed by atoms with E-state index in [1.807, 2.05) is 6.92 Å². The third-order valence-electron chi connectivity index (χ3n) is 2.54. The van der Waals surface area contributed by atoms with Gasteiger partial charge in [-0.1, -0.05) is 22.0 Å². The zero-order chi connectivity index (χ0) is 13.1. The molecule has 2 nitrogen and oxygen atoms in total. The summed E-state index contributed by atoms with van der Waals surface area (Å²) < 4.78 is 19.6. The van der Waals surface area contributed by atoms with Gasteiger partial charge in [-0.05, 0) is 38.5 Å². The first-order valence-corrected chi connectivity index (χ1v) is 6.27. The lowest BCUT2D eigenvalue weighted by Crippen LogP contribution is -2.36. The molecule has 1 rings (SSSR count). The Labute approximate surface area is 109 Å². The summed E-state index contributed by atoms with van der Waals surface area (Å²) in [5.74, 6) is -0.499. The lowest BCUT2D eigenvalue weighted by atomic mass is 9.96. The van der Waals surface area contributed by atoms with Crippen molar-refractivity contribution >= 4 is 21.7 Å². The molecule has 0 saturated carbocycles. The fourth-order valence-electron chi connectivity index (χ4n) is 1.49. The molecule has 0 unspecified atom stereocenters. The molecule has 0 fully saturated rings. The van der Waals surface area contributed by atoms with Crippen molar-refractivity contribution in [2.24, 2.45) is 0 Å². The van der Waals surface area contributed by atoms with Crippen LogP contribution in [-0.2, 0) is 16.0 Å². The summed E-state index contributed by atoms with van der Waals surface area (Å²) in [6.07, 6.45) is 0.0477. The zero-order valence-corrected chi connectivity index (χ0v) is 11.8. The van der Waals surface area contributed by atoms with Crippen molar-refractivity contribution in [2.45, 2.75) is 32.8 Å². The molecule has 17 heavy (non-hydrogen) atoms. The minimum atomic E-state index is -0.867. The Morgan fingerprint density at radius 3 is 2.65 bits per heavy atom. The second-order valence-electron chi connectivity index (χ2n) is 4.28. The van der Waals surface area contributed by atoms with Crippen LogP contribution in [0.1, 0.15) is 26.3 Å². The molecule has 94 valence electrons. The van der Waals surface area contributed by atoms with Gasteiger partial charge in [0.25, 0.3) is 0 Å². The van der Waals surface area contributed by atoms with E-state index >= 15 is 0 Å². The highest BCUT2D eigenvalue weighted by Crippen LogP contribution is 2.19. The largest absolute Gasteiger partial charge is 0.368 e. The highest BCUT2D eigenvalue weighted by molar-refractivity contribution is 9.10. The predicted molar refractivity (Wildman–Crippen MR) is 68.5 cm³/mol. The summed E-state index contributed by atoms with van der Waals surface area (Å²) in [7, 11) is 0. The van der Waals surface area contributed by atoms with Crippen LogP contribution < -0.4 is 0 Å². The van der Waals surface area contributed by atoms with E-state index in [0.29, 0.717) is 16.6 Å². The van der Waals surface area contributed by atoms with E-state index in [4.69, 9.17) is 4.74 Å². The number of hydrogen-bond acceptors (Lipinski definition) is 2. The molecule has 0 atom stereocenters. The summed E-state index contributed by atoms with van der Waals surface area (Å²) in [6, 6.07) is 4.69. The maximum absolute atomic E-state index is 13.6. The number of carbonyl (C=O) groups is 1. The van der Waals surface area contributed by atoms with Crippen LogP contribution in [0.15, 0.2) is 22.7 Å². The van der Waals surface area contributed by atoms with Gasteiger partial charge in [-0.2, -0.15) is 0 Å². The number of Topliss-reactive ketones (excluding diaryl/α,β-unsaturated/α-hetero) is 1. The van der Waals surface area contributed by atoms with Gasteiger partial charge in [0, 0.05) is 17.5 Å². The van der Waals surface area contributed by atoms with E-state index in [1.54, 1.807) is 26.0 Å². The molecule has 0 N–H and O–H groups in total. The molecule has 0 saturated heterocycles. The van der Waals surface area contributed by atoms with Gasteiger partial charge in [-0.15, -0.1) is 0 Å². The number of ether oxygens (including phenoxy) is 1. The molecule has 0 aliphatic heterocycles. The van der Waals surface area contributed by atoms with E-state index in [-0.39, 0.29) is 18.0 Å². The third kappa shape index (κ3) is 3.89. The molecule has 0 heterocycles. The Balaban J connectivity index is 2.81. The minimum Gasteiger partial charge on any atom is -0.368 e. The van der Waals surface area contributed by atoms with E-state index in [0.717, 1.165) is 0 Å². The van der Waals surface area contributed by atoms with Crippen molar-refractivity contribution < 1.29 is 13.9 Å². The number of carbonyl (C=O) groups excluding carboxylic acids is 1. The molecule has 0 aliphatic carbocycles. The second kappa shape index (κ2) is 5.74. The molecule has 0 radical (unpaired) electrons. The summed E-state index contributed by atoms with van der Waals surface area (Å²) in [6.45, 7) is 5.70. The van der Waals surface area contributed by atoms with Crippen molar-refractivity contribution in [1.29, 1.82) is 0 Å². The van der Waals surface area contributed by atoms with Crippen LogP contribution >= 0.6 is 15.9 Å². The van der Waals surface area contributed by atoms with E-state index in [1.165, 1.54) is 6.07 Å². The van der Waals surface area contributed by atoms with Gasteiger partial charge in [-0.25, -0.2) is 4.39 Å². The fourth-order valence-corrected chi connectivity index (χ4v) is 1.83. The third-order valence-corrected chi connectivity index (χ3v) is 3.04. The Morgan fingerprint density at radius 2 is 2.12 bits per heavy atom. The summed E-state index contributed by atoms with van der Waals surface area (Å²) in [5.41, 5.74) is -0.472. The number of halogens is 2. The number of hydrogen-bond donors (Lipinski definition) is 0. The number of benzene rings is 1. The molecule has 1 aromatic rings. The molecular weight excluding hydrogens is 287 g/mol. The number of rotatable bonds is 5. The Morgan fingerprint density at radius 1 is 1.47 bits per heavy atom. The average Bonchev–Trinajstić information content (AvgIpc) is 2.22. The zero-order valence-electron chi connectivity index (χ0n) is 10.2. The summed E-state index contributed by atoms with van der Waals surface area (Å²) in [5, 5.41) is 0. The van der Waals surface area contributed by atoms with Gasteiger partial charge in [0.1, 0.15) is 11.4 Å². The topological polar surface area (TPSA) is 26.3 Å². The van der Waals surface area contributed by atoms with Crippen LogP contribution in [0.2, 0.25) is 0 Å². The van der Waals surface area contributed by atoms with Crippen molar-refractivity contribution in [3.8, 4) is 0 Å². The smallest absolute Gasteiger partial charge is 0.168 e. The van der Waals surface area contributed by atoms with Crippen LogP contribution in [0.5, 0.6) is 0 Å². The van der Waals surface area contributed by atoms with Crippen LogP contribution in [-0.4, -0.2) is 18.0 Å². The lowest BCUT2D eigenvalue weighted by molar-refractivity contribution is -0.139. The maximum Gasteiger partial charge on any atom is 0.168 e. The van der Waals surface area contributed by atoms with Crippen molar-refractivity contribution in [1.82, 2.24) is 0 Å². The molecule has 0 bridgehead atoms. The van der Waals surface area contributed by atoms with Gasteiger partial charge in [-0.3, -0.25) is 4.79 Å². The van der Waals surface area contributed by atoms with Crippen LogP contribution in [0.3, 0.4) is 0 Å². The highest BCUT2D eigenvalue weighted by atomic mass is 79.9. The van der Waals surface area contributed by atoms with Gasteiger partial charge in [0.2, 0.25) is 0 Å². The molecule has 1 aromatic carbocycles. The monoisotopic (exact) mass is 302 g/mol. The molecule has 0 aromatic heterocycles. The first-order valence-electron chi connectivity index (χ1n) is 5.48. The molecular formula is C13H16BrFO2. The van der Waals surface area contributed by atoms with Crippen molar-refractivity contribution in [2.75, 3.05) is 6.61 Å².